The van der Waals surface area contributed by atoms with Gasteiger partial charge >= 0.3 is 0 Å². The Labute approximate surface area is 54.8 Å². The molecule has 0 spiro atoms. The third kappa shape index (κ3) is 0.597. The Hall–Kier alpha value is -0.500. The lowest BCUT2D eigenvalue weighted by Crippen LogP contribution is -2.26. The molecule has 0 saturated carbocycles. The monoisotopic (exact) mass is 125 g/mol. The van der Waals surface area contributed by atoms with E-state index in [9.17, 15) is 0 Å². The molecule has 50 valence electrons. The fourth-order valence-corrected chi connectivity index (χ4v) is 1.58. The highest BCUT2D eigenvalue weighted by atomic mass is 16.3. The minimum atomic E-state index is 0.310. The molecule has 0 aromatic carbocycles. The second-order valence-electron chi connectivity index (χ2n) is 2.88. The number of hydrogen-bond donors (Lipinski definition) is 1. The van der Waals surface area contributed by atoms with Crippen molar-refractivity contribution in [3.8, 4) is 0 Å². The van der Waals surface area contributed by atoms with Gasteiger partial charge in [-0.15, -0.1) is 0 Å². The minimum Gasteiger partial charge on any atom is -0.394 e. The van der Waals surface area contributed by atoms with Crippen LogP contribution < -0.4 is 0 Å². The lowest BCUT2D eigenvalue weighted by Gasteiger charge is -2.18. The van der Waals surface area contributed by atoms with Crippen LogP contribution in [0.5, 0.6) is 0 Å². The largest absolute Gasteiger partial charge is 0.394 e. The summed E-state index contributed by atoms with van der Waals surface area (Å²) in [5.41, 5.74) is 1.44. The van der Waals surface area contributed by atoms with Gasteiger partial charge in [0.1, 0.15) is 0 Å². The van der Waals surface area contributed by atoms with Gasteiger partial charge in [-0.25, -0.2) is 0 Å². The van der Waals surface area contributed by atoms with Gasteiger partial charge in [-0.3, -0.25) is 0 Å². The summed E-state index contributed by atoms with van der Waals surface area (Å²) in [5, 5.41) is 8.81. The Balaban J connectivity index is 2.07. The molecule has 0 amide bonds. The van der Waals surface area contributed by atoms with Gasteiger partial charge in [0.25, 0.3) is 0 Å². The second kappa shape index (κ2) is 1.51. The van der Waals surface area contributed by atoms with E-state index in [4.69, 9.17) is 5.11 Å². The summed E-state index contributed by atoms with van der Waals surface area (Å²) < 4.78 is 0. The first-order valence-electron chi connectivity index (χ1n) is 3.38. The van der Waals surface area contributed by atoms with Crippen molar-refractivity contribution in [1.29, 1.82) is 0 Å². The van der Waals surface area contributed by atoms with Gasteiger partial charge in [-0.1, -0.05) is 6.08 Å². The SMILES string of the molecule is CN1C2=CC2CC1CO. The van der Waals surface area contributed by atoms with E-state index >= 15 is 0 Å². The highest BCUT2D eigenvalue weighted by Gasteiger charge is 2.40. The van der Waals surface area contributed by atoms with E-state index in [-0.39, 0.29) is 0 Å². The maximum Gasteiger partial charge on any atom is 0.0635 e. The van der Waals surface area contributed by atoms with E-state index < -0.39 is 0 Å². The van der Waals surface area contributed by atoms with Crippen molar-refractivity contribution in [3.05, 3.63) is 11.8 Å². The predicted molar refractivity (Wildman–Crippen MR) is 34.8 cm³/mol. The molecule has 2 atom stereocenters. The first-order valence-corrected chi connectivity index (χ1v) is 3.38. The fourth-order valence-electron chi connectivity index (χ4n) is 1.58. The molecule has 2 unspecified atom stereocenters. The normalized spacial score (nSPS) is 38.4. The summed E-state index contributed by atoms with van der Waals surface area (Å²) in [6.45, 7) is 0.310. The van der Waals surface area contributed by atoms with Gasteiger partial charge in [-0.2, -0.15) is 0 Å². The van der Waals surface area contributed by atoms with Crippen LogP contribution in [0.3, 0.4) is 0 Å². The van der Waals surface area contributed by atoms with Crippen LogP contribution in [-0.2, 0) is 0 Å². The molecule has 2 heteroatoms. The zero-order valence-corrected chi connectivity index (χ0v) is 5.54. The molecular weight excluding hydrogens is 114 g/mol. The van der Waals surface area contributed by atoms with E-state index in [2.05, 4.69) is 18.0 Å². The average Bonchev–Trinajstić information content (AvgIpc) is 2.55. The maximum absolute atomic E-state index is 8.81. The molecular formula is C7H11NO. The van der Waals surface area contributed by atoms with Crippen molar-refractivity contribution in [2.24, 2.45) is 5.92 Å². The van der Waals surface area contributed by atoms with Crippen LogP contribution >= 0.6 is 0 Å². The number of likely N-dealkylation sites (N-methyl/N-ethyl adjacent to an activating group) is 1. The Morgan fingerprint density at radius 1 is 1.89 bits per heavy atom. The van der Waals surface area contributed by atoms with Crippen LogP contribution in [0.15, 0.2) is 11.8 Å². The number of likely N-dealkylation sites (tertiary alicyclic amines) is 1. The minimum absolute atomic E-state index is 0.310. The molecule has 2 aliphatic rings. The number of fused-ring (bicyclic) bond motifs is 1. The molecule has 1 saturated heterocycles. The van der Waals surface area contributed by atoms with Crippen molar-refractivity contribution >= 4 is 0 Å². The van der Waals surface area contributed by atoms with Crippen LogP contribution in [0.25, 0.3) is 0 Å². The highest BCUT2D eigenvalue weighted by molar-refractivity contribution is 5.32. The topological polar surface area (TPSA) is 23.5 Å². The van der Waals surface area contributed by atoms with Crippen molar-refractivity contribution in [3.63, 3.8) is 0 Å². The molecule has 0 aromatic heterocycles. The molecule has 1 fully saturated rings. The lowest BCUT2D eigenvalue weighted by atomic mass is 10.2. The molecule has 1 heterocycles. The number of nitrogens with zero attached hydrogens (tertiary/aromatic N) is 1. The average molecular weight is 125 g/mol. The number of hydrogen-bond acceptors (Lipinski definition) is 2. The Morgan fingerprint density at radius 2 is 2.67 bits per heavy atom. The molecule has 1 aliphatic heterocycles. The van der Waals surface area contributed by atoms with E-state index in [0.717, 1.165) is 12.3 Å². The summed E-state index contributed by atoms with van der Waals surface area (Å²) in [6.07, 6.45) is 3.40. The predicted octanol–water partition coefficient (Wildman–Crippen LogP) is 0.196. The van der Waals surface area contributed by atoms with Crippen molar-refractivity contribution < 1.29 is 5.11 Å². The van der Waals surface area contributed by atoms with Gasteiger partial charge in [0.05, 0.1) is 12.6 Å². The van der Waals surface area contributed by atoms with E-state index in [1.807, 2.05) is 0 Å². The number of aliphatic hydroxyl groups excluding tert-OH is 1. The molecule has 0 bridgehead atoms. The zero-order chi connectivity index (χ0) is 6.43. The van der Waals surface area contributed by atoms with Crippen molar-refractivity contribution in [1.82, 2.24) is 4.90 Å². The Kier molecular flexibility index (Phi) is 0.887. The Morgan fingerprint density at radius 3 is 3.00 bits per heavy atom. The Bertz CT molecular complexity index is 164. The molecule has 2 rings (SSSR count). The molecule has 1 N–H and O–H groups in total. The van der Waals surface area contributed by atoms with Gasteiger partial charge < -0.3 is 10.0 Å². The number of allylic oxidation sites excluding steroid dienone is 2. The van der Waals surface area contributed by atoms with E-state index in [1.54, 1.807) is 0 Å². The smallest absolute Gasteiger partial charge is 0.0635 e. The van der Waals surface area contributed by atoms with Crippen molar-refractivity contribution in [2.45, 2.75) is 12.5 Å². The number of rotatable bonds is 1. The summed E-state index contributed by atoms with van der Waals surface area (Å²) >= 11 is 0. The maximum atomic E-state index is 8.81. The summed E-state index contributed by atoms with van der Waals surface area (Å²) in [7, 11) is 2.06. The quantitative estimate of drug-likeness (QED) is 0.541. The van der Waals surface area contributed by atoms with Crippen LogP contribution in [0.2, 0.25) is 0 Å². The summed E-state index contributed by atoms with van der Waals surface area (Å²) in [4.78, 5) is 2.19. The van der Waals surface area contributed by atoms with Crippen LogP contribution in [0.1, 0.15) is 6.42 Å². The van der Waals surface area contributed by atoms with Crippen LogP contribution in [-0.4, -0.2) is 29.7 Å². The summed E-state index contributed by atoms with van der Waals surface area (Å²) in [6, 6.07) is 0.412. The standard InChI is InChI=1S/C7H11NO/c1-8-6(4-9)2-5-3-7(5)8/h3,5-6,9H,2,4H2,1H3. The third-order valence-corrected chi connectivity index (χ3v) is 2.33. The molecule has 0 radical (unpaired) electrons. The van der Waals surface area contributed by atoms with E-state index in [0.29, 0.717) is 12.6 Å². The first-order chi connectivity index (χ1) is 4.33. The van der Waals surface area contributed by atoms with E-state index in [1.165, 1.54) is 5.70 Å². The molecule has 2 nitrogen and oxygen atoms in total. The highest BCUT2D eigenvalue weighted by Crippen LogP contribution is 2.43. The second-order valence-corrected chi connectivity index (χ2v) is 2.88. The lowest BCUT2D eigenvalue weighted by molar-refractivity contribution is 0.192. The van der Waals surface area contributed by atoms with Gasteiger partial charge in [-0.05, 0) is 6.42 Å². The third-order valence-electron chi connectivity index (χ3n) is 2.33. The number of aliphatic hydroxyl groups is 1. The summed E-state index contributed by atoms with van der Waals surface area (Å²) in [5.74, 6) is 0.729. The zero-order valence-electron chi connectivity index (χ0n) is 5.54. The van der Waals surface area contributed by atoms with Gasteiger partial charge in [0.2, 0.25) is 0 Å². The molecule has 9 heavy (non-hydrogen) atoms. The first kappa shape index (κ1) is 5.30. The fraction of sp³-hybridized carbons (Fsp3) is 0.714. The molecule has 0 aromatic rings. The van der Waals surface area contributed by atoms with Crippen LogP contribution in [0.4, 0.5) is 0 Å². The van der Waals surface area contributed by atoms with Crippen LogP contribution in [0, 0.1) is 5.92 Å². The van der Waals surface area contributed by atoms with Gasteiger partial charge in [0, 0.05) is 18.7 Å². The van der Waals surface area contributed by atoms with Crippen molar-refractivity contribution in [2.75, 3.05) is 13.7 Å². The van der Waals surface area contributed by atoms with Gasteiger partial charge in [0.15, 0.2) is 0 Å². The molecule has 1 aliphatic carbocycles.